The van der Waals surface area contributed by atoms with Crippen LogP contribution in [0.5, 0.6) is 0 Å². The van der Waals surface area contributed by atoms with Gasteiger partial charge in [-0.2, -0.15) is 15.0 Å². The molecule has 0 unspecified atom stereocenters. The monoisotopic (exact) mass is 304 g/mol. The first-order chi connectivity index (χ1) is 10.2. The van der Waals surface area contributed by atoms with Crippen molar-refractivity contribution in [2.45, 2.75) is 33.6 Å². The molecule has 2 rings (SSSR count). The number of aryl methyl sites for hydroxylation is 1. The molecule has 0 spiro atoms. The van der Waals surface area contributed by atoms with Crippen LogP contribution in [0.25, 0.3) is 11.4 Å². The number of hydrogen-bond donors (Lipinski definition) is 0. The number of rotatable bonds is 6. The molecule has 0 saturated carbocycles. The molecule has 0 N–H and O–H groups in total. The van der Waals surface area contributed by atoms with Crippen molar-refractivity contribution < 1.29 is 0 Å². The standard InChI is InChI=1S/C16H21ClN4/c1-4-7-12-8-10-13(11-9-12)14-18-15(17)20-16(19-14)21(5-2)6-3/h8-11H,4-7H2,1-3H3. The van der Waals surface area contributed by atoms with Crippen molar-refractivity contribution in [3.05, 3.63) is 35.1 Å². The molecule has 0 aliphatic heterocycles. The summed E-state index contributed by atoms with van der Waals surface area (Å²) in [4.78, 5) is 15.1. The van der Waals surface area contributed by atoms with Gasteiger partial charge in [0.1, 0.15) is 0 Å². The topological polar surface area (TPSA) is 41.9 Å². The quantitative estimate of drug-likeness (QED) is 0.809. The third-order valence-electron chi connectivity index (χ3n) is 3.39. The summed E-state index contributed by atoms with van der Waals surface area (Å²) in [6.45, 7) is 7.99. The van der Waals surface area contributed by atoms with Gasteiger partial charge in [-0.15, -0.1) is 0 Å². The van der Waals surface area contributed by atoms with Gasteiger partial charge >= 0.3 is 0 Å². The maximum Gasteiger partial charge on any atom is 0.230 e. The lowest BCUT2D eigenvalue weighted by Gasteiger charge is -2.18. The predicted octanol–water partition coefficient (Wildman–Crippen LogP) is 3.99. The number of anilines is 1. The van der Waals surface area contributed by atoms with Crippen LogP contribution < -0.4 is 4.90 Å². The van der Waals surface area contributed by atoms with Crippen LogP contribution in [-0.4, -0.2) is 28.0 Å². The molecule has 0 amide bonds. The van der Waals surface area contributed by atoms with Crippen molar-refractivity contribution in [2.75, 3.05) is 18.0 Å². The number of nitrogens with zero attached hydrogens (tertiary/aromatic N) is 4. The summed E-state index contributed by atoms with van der Waals surface area (Å²) in [5, 5.41) is 0.236. The van der Waals surface area contributed by atoms with E-state index in [9.17, 15) is 0 Å². The van der Waals surface area contributed by atoms with Crippen LogP contribution in [0.2, 0.25) is 5.28 Å². The summed E-state index contributed by atoms with van der Waals surface area (Å²) in [7, 11) is 0. The summed E-state index contributed by atoms with van der Waals surface area (Å²) >= 11 is 6.05. The van der Waals surface area contributed by atoms with Gasteiger partial charge in [0.15, 0.2) is 5.82 Å². The van der Waals surface area contributed by atoms with Crippen LogP contribution in [0.15, 0.2) is 24.3 Å². The van der Waals surface area contributed by atoms with Crippen molar-refractivity contribution in [1.29, 1.82) is 0 Å². The lowest BCUT2D eigenvalue weighted by Crippen LogP contribution is -2.24. The fourth-order valence-corrected chi connectivity index (χ4v) is 2.38. The molecule has 0 fully saturated rings. The zero-order valence-corrected chi connectivity index (χ0v) is 13.6. The second kappa shape index (κ2) is 7.36. The Morgan fingerprint density at radius 1 is 0.952 bits per heavy atom. The van der Waals surface area contributed by atoms with Crippen LogP contribution in [0.3, 0.4) is 0 Å². The highest BCUT2D eigenvalue weighted by Gasteiger charge is 2.11. The summed E-state index contributed by atoms with van der Waals surface area (Å²) in [6, 6.07) is 8.33. The molecule has 0 saturated heterocycles. The van der Waals surface area contributed by atoms with Gasteiger partial charge in [-0.05, 0) is 37.4 Å². The number of hydrogen-bond acceptors (Lipinski definition) is 4. The Labute approximate surface area is 131 Å². The summed E-state index contributed by atoms with van der Waals surface area (Å²) in [6.07, 6.45) is 2.23. The fourth-order valence-electron chi connectivity index (χ4n) is 2.23. The summed E-state index contributed by atoms with van der Waals surface area (Å²) in [5.74, 6) is 1.26. The Morgan fingerprint density at radius 3 is 2.19 bits per heavy atom. The van der Waals surface area contributed by atoms with E-state index in [-0.39, 0.29) is 5.28 Å². The average Bonchev–Trinajstić information content (AvgIpc) is 2.49. The number of halogens is 1. The van der Waals surface area contributed by atoms with Gasteiger partial charge in [0.05, 0.1) is 0 Å². The van der Waals surface area contributed by atoms with E-state index in [2.05, 4.69) is 52.8 Å². The highest BCUT2D eigenvalue weighted by Crippen LogP contribution is 2.20. The normalized spacial score (nSPS) is 10.7. The molecule has 4 nitrogen and oxygen atoms in total. The molecule has 0 bridgehead atoms. The van der Waals surface area contributed by atoms with E-state index in [1.54, 1.807) is 0 Å². The smallest absolute Gasteiger partial charge is 0.230 e. The van der Waals surface area contributed by atoms with E-state index in [0.29, 0.717) is 11.8 Å². The van der Waals surface area contributed by atoms with Gasteiger partial charge < -0.3 is 4.90 Å². The minimum atomic E-state index is 0.236. The first kappa shape index (κ1) is 15.7. The van der Waals surface area contributed by atoms with Crippen molar-refractivity contribution in [1.82, 2.24) is 15.0 Å². The van der Waals surface area contributed by atoms with Crippen molar-refractivity contribution in [3.63, 3.8) is 0 Å². The number of aromatic nitrogens is 3. The Balaban J connectivity index is 2.34. The maximum atomic E-state index is 6.05. The molecule has 1 heterocycles. The van der Waals surface area contributed by atoms with E-state index < -0.39 is 0 Å². The van der Waals surface area contributed by atoms with Crippen LogP contribution in [0, 0.1) is 0 Å². The second-order valence-corrected chi connectivity index (χ2v) is 5.19. The zero-order chi connectivity index (χ0) is 15.2. The van der Waals surface area contributed by atoms with Crippen molar-refractivity contribution in [3.8, 4) is 11.4 Å². The molecule has 0 aliphatic carbocycles. The third kappa shape index (κ3) is 3.91. The highest BCUT2D eigenvalue weighted by atomic mass is 35.5. The Hall–Kier alpha value is -1.68. The highest BCUT2D eigenvalue weighted by molar-refractivity contribution is 6.28. The average molecular weight is 305 g/mol. The van der Waals surface area contributed by atoms with Crippen LogP contribution >= 0.6 is 11.6 Å². The molecular formula is C16H21ClN4. The molecular weight excluding hydrogens is 284 g/mol. The first-order valence-electron chi connectivity index (χ1n) is 7.43. The third-order valence-corrected chi connectivity index (χ3v) is 3.56. The van der Waals surface area contributed by atoms with Gasteiger partial charge in [-0.3, -0.25) is 0 Å². The Bertz CT molecular complexity index is 579. The van der Waals surface area contributed by atoms with Gasteiger partial charge in [0.2, 0.25) is 11.2 Å². The molecule has 2 aromatic rings. The van der Waals surface area contributed by atoms with Crippen LogP contribution in [-0.2, 0) is 6.42 Å². The lowest BCUT2D eigenvalue weighted by molar-refractivity contribution is 0.813. The molecule has 1 aromatic carbocycles. The minimum Gasteiger partial charge on any atom is -0.341 e. The lowest BCUT2D eigenvalue weighted by atomic mass is 10.1. The van der Waals surface area contributed by atoms with Crippen LogP contribution in [0.4, 0.5) is 5.95 Å². The van der Waals surface area contributed by atoms with Gasteiger partial charge in [0, 0.05) is 18.7 Å². The first-order valence-corrected chi connectivity index (χ1v) is 7.81. The molecule has 0 aliphatic rings. The van der Waals surface area contributed by atoms with Crippen molar-refractivity contribution >= 4 is 17.5 Å². The minimum absolute atomic E-state index is 0.236. The maximum absolute atomic E-state index is 6.05. The second-order valence-electron chi connectivity index (χ2n) is 4.85. The van der Waals surface area contributed by atoms with Crippen molar-refractivity contribution in [2.24, 2.45) is 0 Å². The largest absolute Gasteiger partial charge is 0.341 e. The van der Waals surface area contributed by atoms with Gasteiger partial charge in [0.25, 0.3) is 0 Å². The molecule has 0 atom stereocenters. The Kier molecular flexibility index (Phi) is 5.51. The number of benzene rings is 1. The van der Waals surface area contributed by atoms with E-state index in [0.717, 1.165) is 31.5 Å². The van der Waals surface area contributed by atoms with E-state index in [1.165, 1.54) is 5.56 Å². The van der Waals surface area contributed by atoms with E-state index >= 15 is 0 Å². The summed E-state index contributed by atoms with van der Waals surface area (Å²) in [5.41, 5.74) is 2.29. The predicted molar refractivity (Wildman–Crippen MR) is 87.8 cm³/mol. The molecule has 5 heteroatoms. The zero-order valence-electron chi connectivity index (χ0n) is 12.8. The fraction of sp³-hybridized carbons (Fsp3) is 0.438. The SMILES string of the molecule is CCCc1ccc(-c2nc(Cl)nc(N(CC)CC)n2)cc1. The molecule has 0 radical (unpaired) electrons. The van der Waals surface area contributed by atoms with Gasteiger partial charge in [-0.25, -0.2) is 0 Å². The van der Waals surface area contributed by atoms with Gasteiger partial charge in [-0.1, -0.05) is 37.6 Å². The van der Waals surface area contributed by atoms with E-state index in [1.807, 2.05) is 12.1 Å². The van der Waals surface area contributed by atoms with E-state index in [4.69, 9.17) is 11.6 Å². The molecule has 112 valence electrons. The summed E-state index contributed by atoms with van der Waals surface area (Å²) < 4.78 is 0. The van der Waals surface area contributed by atoms with Crippen LogP contribution in [0.1, 0.15) is 32.8 Å². The molecule has 21 heavy (non-hydrogen) atoms. The molecule has 1 aromatic heterocycles. The Morgan fingerprint density at radius 2 is 1.62 bits per heavy atom.